The molecule has 1 heterocycles. The van der Waals surface area contributed by atoms with Crippen LogP contribution in [0.2, 0.25) is 0 Å². The van der Waals surface area contributed by atoms with Crippen molar-refractivity contribution in [2.24, 2.45) is 5.73 Å². The Morgan fingerprint density at radius 2 is 2.33 bits per heavy atom. The summed E-state index contributed by atoms with van der Waals surface area (Å²) in [6, 6.07) is -0.439. The van der Waals surface area contributed by atoms with E-state index < -0.39 is 6.03 Å². The molecule has 0 atom stereocenters. The Bertz CT molecular complexity index is 139. The maximum Gasteiger partial charge on any atom is 0.319 e. The van der Waals surface area contributed by atoms with E-state index in [1.54, 1.807) is 17.5 Å². The third kappa shape index (κ3) is 2.15. The highest BCUT2D eigenvalue weighted by Gasteiger charge is 2.08. The third-order valence-corrected chi connectivity index (χ3v) is 1.36. The number of carbonyl (C=O) groups excluding carboxylic acids is 1. The SMILES string of the molecule is Cl.NC(=O)N1[CH]SC=C1. The Balaban J connectivity index is 0.000000640. The van der Waals surface area contributed by atoms with Gasteiger partial charge in [0.05, 0.1) is 0 Å². The first-order chi connectivity index (χ1) is 3.80. The van der Waals surface area contributed by atoms with Crippen molar-refractivity contribution < 1.29 is 4.79 Å². The molecule has 0 unspecified atom stereocenters. The number of urea groups is 1. The van der Waals surface area contributed by atoms with Crippen LogP contribution in [0.1, 0.15) is 0 Å². The molecule has 0 saturated heterocycles. The summed E-state index contributed by atoms with van der Waals surface area (Å²) in [6.07, 6.45) is 1.62. The molecule has 0 aromatic rings. The molecule has 0 spiro atoms. The summed E-state index contributed by atoms with van der Waals surface area (Å²) < 4.78 is 0. The molecule has 2 N–H and O–H groups in total. The van der Waals surface area contributed by atoms with Crippen molar-refractivity contribution >= 4 is 30.2 Å². The molecular formula is C4H6ClN2OS. The van der Waals surface area contributed by atoms with E-state index in [1.807, 2.05) is 0 Å². The van der Waals surface area contributed by atoms with Crippen LogP contribution in [0, 0.1) is 5.88 Å². The summed E-state index contributed by atoms with van der Waals surface area (Å²) in [5, 5.41) is 1.78. The summed E-state index contributed by atoms with van der Waals surface area (Å²) in [5.41, 5.74) is 4.89. The zero-order valence-electron chi connectivity index (χ0n) is 4.48. The Labute approximate surface area is 63.7 Å². The zero-order chi connectivity index (χ0) is 5.98. The van der Waals surface area contributed by atoms with Crippen LogP contribution in [0.3, 0.4) is 0 Å². The van der Waals surface area contributed by atoms with Gasteiger partial charge in [-0.05, 0) is 5.41 Å². The summed E-state index contributed by atoms with van der Waals surface area (Å²) in [4.78, 5) is 11.6. The first-order valence-electron chi connectivity index (χ1n) is 2.04. The standard InChI is InChI=1S/C4H5N2OS.ClH/c5-4(7)6-1-2-8-3-6;/h1-3H,(H2,5,7);1H. The lowest BCUT2D eigenvalue weighted by Crippen LogP contribution is -2.26. The summed E-state index contributed by atoms with van der Waals surface area (Å²) in [6.45, 7) is 0. The Morgan fingerprint density at radius 3 is 2.56 bits per heavy atom. The molecule has 0 aromatic carbocycles. The molecule has 0 aromatic heterocycles. The minimum absolute atomic E-state index is 0. The highest BCUT2D eigenvalue weighted by atomic mass is 35.5. The van der Waals surface area contributed by atoms with Gasteiger partial charge in [-0.2, -0.15) is 0 Å². The van der Waals surface area contributed by atoms with Gasteiger partial charge in [-0.25, -0.2) is 4.79 Å². The van der Waals surface area contributed by atoms with Crippen LogP contribution in [-0.4, -0.2) is 10.9 Å². The minimum Gasteiger partial charge on any atom is -0.351 e. The molecule has 0 fully saturated rings. The molecular weight excluding hydrogens is 160 g/mol. The molecule has 1 aliphatic heterocycles. The predicted octanol–water partition coefficient (Wildman–Crippen LogP) is 1.13. The van der Waals surface area contributed by atoms with E-state index in [2.05, 4.69) is 0 Å². The minimum atomic E-state index is -0.439. The number of nitrogens with two attached hydrogens (primary N) is 1. The van der Waals surface area contributed by atoms with Crippen LogP contribution < -0.4 is 5.73 Å². The number of hydrogen-bond donors (Lipinski definition) is 1. The third-order valence-electron chi connectivity index (χ3n) is 0.729. The molecule has 0 aliphatic carbocycles. The monoisotopic (exact) mass is 165 g/mol. The Hall–Kier alpha value is -0.350. The van der Waals surface area contributed by atoms with E-state index in [0.29, 0.717) is 0 Å². The lowest BCUT2D eigenvalue weighted by Gasteiger charge is -2.04. The molecule has 5 heteroatoms. The van der Waals surface area contributed by atoms with Gasteiger partial charge in [0.25, 0.3) is 0 Å². The second-order valence-electron chi connectivity index (χ2n) is 1.27. The van der Waals surface area contributed by atoms with E-state index in [4.69, 9.17) is 5.73 Å². The molecule has 0 bridgehead atoms. The van der Waals surface area contributed by atoms with Crippen LogP contribution in [-0.2, 0) is 0 Å². The Morgan fingerprint density at radius 1 is 1.67 bits per heavy atom. The number of hydrogen-bond acceptors (Lipinski definition) is 2. The van der Waals surface area contributed by atoms with E-state index in [0.717, 1.165) is 0 Å². The highest BCUT2D eigenvalue weighted by Crippen LogP contribution is 2.18. The molecule has 9 heavy (non-hydrogen) atoms. The van der Waals surface area contributed by atoms with Gasteiger partial charge < -0.3 is 5.73 Å². The van der Waals surface area contributed by atoms with Crippen molar-refractivity contribution in [3.05, 3.63) is 17.5 Å². The van der Waals surface area contributed by atoms with Crippen LogP contribution in [0.15, 0.2) is 11.6 Å². The van der Waals surface area contributed by atoms with Gasteiger partial charge in [0.15, 0.2) is 0 Å². The van der Waals surface area contributed by atoms with Crippen molar-refractivity contribution in [1.82, 2.24) is 4.90 Å². The quantitative estimate of drug-likeness (QED) is 0.585. The molecule has 2 amide bonds. The zero-order valence-corrected chi connectivity index (χ0v) is 6.11. The van der Waals surface area contributed by atoms with Crippen molar-refractivity contribution in [3.63, 3.8) is 0 Å². The summed E-state index contributed by atoms with van der Waals surface area (Å²) in [5.74, 6) is 1.64. The molecule has 1 radical (unpaired) electrons. The van der Waals surface area contributed by atoms with E-state index in [1.165, 1.54) is 16.7 Å². The van der Waals surface area contributed by atoms with Crippen molar-refractivity contribution in [1.29, 1.82) is 0 Å². The molecule has 51 valence electrons. The number of amides is 2. The number of rotatable bonds is 0. The maximum absolute atomic E-state index is 10.3. The maximum atomic E-state index is 10.3. The van der Waals surface area contributed by atoms with E-state index in [9.17, 15) is 4.79 Å². The van der Waals surface area contributed by atoms with Gasteiger partial charge in [-0.15, -0.1) is 24.2 Å². The normalized spacial score (nSPS) is 15.3. The summed E-state index contributed by atoms with van der Waals surface area (Å²) in [7, 11) is 0. The average molecular weight is 166 g/mol. The second-order valence-corrected chi connectivity index (χ2v) is 2.03. The lowest BCUT2D eigenvalue weighted by molar-refractivity contribution is 0.234. The number of halogens is 1. The van der Waals surface area contributed by atoms with Gasteiger partial charge in [-0.3, -0.25) is 4.90 Å². The first kappa shape index (κ1) is 8.65. The van der Waals surface area contributed by atoms with Gasteiger partial charge in [0, 0.05) is 6.20 Å². The van der Waals surface area contributed by atoms with Gasteiger partial charge in [-0.1, -0.05) is 0 Å². The van der Waals surface area contributed by atoms with Crippen LogP contribution in [0.5, 0.6) is 0 Å². The highest BCUT2D eigenvalue weighted by molar-refractivity contribution is 8.04. The van der Waals surface area contributed by atoms with Crippen molar-refractivity contribution in [3.8, 4) is 0 Å². The molecule has 1 aliphatic rings. The van der Waals surface area contributed by atoms with E-state index in [-0.39, 0.29) is 12.4 Å². The van der Waals surface area contributed by atoms with Crippen LogP contribution in [0.25, 0.3) is 0 Å². The number of thioether (sulfide) groups is 1. The van der Waals surface area contributed by atoms with Gasteiger partial charge >= 0.3 is 6.03 Å². The van der Waals surface area contributed by atoms with Gasteiger partial charge in [0.1, 0.15) is 5.88 Å². The fourth-order valence-electron chi connectivity index (χ4n) is 0.362. The van der Waals surface area contributed by atoms with Crippen LogP contribution in [0.4, 0.5) is 4.79 Å². The first-order valence-corrected chi connectivity index (χ1v) is 2.98. The molecule has 0 saturated carbocycles. The van der Waals surface area contributed by atoms with E-state index >= 15 is 0 Å². The summed E-state index contributed by atoms with van der Waals surface area (Å²) >= 11 is 1.43. The molecule has 1 rings (SSSR count). The fourth-order valence-corrected chi connectivity index (χ4v) is 0.939. The Kier molecular flexibility index (Phi) is 3.49. The molecule has 3 nitrogen and oxygen atoms in total. The second kappa shape index (κ2) is 3.63. The predicted molar refractivity (Wildman–Crippen MR) is 39.7 cm³/mol. The lowest BCUT2D eigenvalue weighted by atomic mass is 10.8. The largest absolute Gasteiger partial charge is 0.351 e. The fraction of sp³-hybridized carbons (Fsp3) is 0. The number of primary amides is 1. The van der Waals surface area contributed by atoms with Crippen molar-refractivity contribution in [2.45, 2.75) is 0 Å². The number of carbonyl (C=O) groups is 1. The van der Waals surface area contributed by atoms with Crippen molar-refractivity contribution in [2.75, 3.05) is 0 Å². The average Bonchev–Trinajstić information content (AvgIpc) is 2.12. The topological polar surface area (TPSA) is 46.3 Å². The van der Waals surface area contributed by atoms with Gasteiger partial charge in [0.2, 0.25) is 0 Å². The smallest absolute Gasteiger partial charge is 0.319 e. The van der Waals surface area contributed by atoms with Crippen LogP contribution >= 0.6 is 24.2 Å². The number of nitrogens with zero attached hydrogens (tertiary/aromatic N) is 1.